The smallest absolute Gasteiger partial charge is 0.408 e. The predicted octanol–water partition coefficient (Wildman–Crippen LogP) is 6.83. The lowest BCUT2D eigenvalue weighted by Gasteiger charge is -2.39. The molecule has 0 radical (unpaired) electrons. The van der Waals surface area contributed by atoms with E-state index in [0.29, 0.717) is 32.1 Å². The number of fused-ring (bicyclic) bond motifs is 3. The standard InChI is InChI=1S/C43H58N4O8/c1-8-11-12-13-14-18-33(45-40(51)55-41(4,5)6)38(49)47-26-42(25-34(47)37(48)46-43(24-28(43)9-2)39(50)53-10-3)22-21-30-31-23-29(52-7)19-20-32(31)44-35(36(30)54-42)27-16-15-17-27/h8-9,19-20,23,27-28,33-34H,1-2,10-18,21-22,24-26H2,3-7H3,(H,45,51)(H,46,48)/t28-,33+,34+,42-,43-/m1/s1. The number of ether oxygens (including phenoxy) is 4. The average molecular weight is 759 g/mol. The van der Waals surface area contributed by atoms with Crippen molar-refractivity contribution in [3.8, 4) is 11.5 Å². The number of alkyl carbamates (subject to hydrolysis) is 1. The summed E-state index contributed by atoms with van der Waals surface area (Å²) in [7, 11) is 1.64. The molecule has 3 heterocycles. The summed E-state index contributed by atoms with van der Waals surface area (Å²) in [5.74, 6) is 0.0157. The highest BCUT2D eigenvalue weighted by Crippen LogP contribution is 2.50. The highest BCUT2D eigenvalue weighted by molar-refractivity contribution is 5.97. The van der Waals surface area contributed by atoms with Gasteiger partial charge >= 0.3 is 12.1 Å². The Labute approximate surface area is 324 Å². The number of benzene rings is 1. The number of hydrogen-bond donors (Lipinski definition) is 2. The van der Waals surface area contributed by atoms with Crippen LogP contribution in [0.1, 0.15) is 115 Å². The van der Waals surface area contributed by atoms with Gasteiger partial charge in [0.15, 0.2) is 0 Å². The molecule has 3 amide bonds. The molecule has 1 aromatic heterocycles. The van der Waals surface area contributed by atoms with Gasteiger partial charge in [-0.15, -0.1) is 13.2 Å². The molecule has 298 valence electrons. The van der Waals surface area contributed by atoms with Crippen molar-refractivity contribution in [3.05, 3.63) is 54.8 Å². The first-order chi connectivity index (χ1) is 26.3. The second-order valence-corrected chi connectivity index (χ2v) is 16.6. The molecule has 0 unspecified atom stereocenters. The van der Waals surface area contributed by atoms with Gasteiger partial charge in [-0.05, 0) is 97.3 Å². The van der Waals surface area contributed by atoms with Crippen LogP contribution < -0.4 is 20.1 Å². The zero-order valence-electron chi connectivity index (χ0n) is 33.2. The number of likely N-dealkylation sites (tertiary alicyclic amines) is 1. The van der Waals surface area contributed by atoms with Crippen LogP contribution in [-0.2, 0) is 30.3 Å². The fourth-order valence-corrected chi connectivity index (χ4v) is 8.33. The first kappa shape index (κ1) is 40.1. The normalized spacial score (nSPS) is 24.9. The molecule has 1 saturated heterocycles. The molecule has 2 aliphatic carbocycles. The lowest BCUT2D eigenvalue weighted by molar-refractivity contribution is -0.150. The maximum Gasteiger partial charge on any atom is 0.408 e. The summed E-state index contributed by atoms with van der Waals surface area (Å²) in [6.07, 6.45) is 11.3. The molecule has 12 heteroatoms. The largest absolute Gasteiger partial charge is 0.497 e. The van der Waals surface area contributed by atoms with Crippen molar-refractivity contribution in [2.45, 2.75) is 139 Å². The lowest BCUT2D eigenvalue weighted by atomic mass is 9.79. The molecule has 2 aromatic rings. The van der Waals surface area contributed by atoms with Gasteiger partial charge < -0.3 is 34.5 Å². The van der Waals surface area contributed by atoms with Crippen molar-refractivity contribution in [2.75, 3.05) is 20.3 Å². The Kier molecular flexibility index (Phi) is 11.8. The summed E-state index contributed by atoms with van der Waals surface area (Å²) in [6, 6.07) is 3.96. The quantitative estimate of drug-likeness (QED) is 0.113. The second kappa shape index (κ2) is 16.2. The molecule has 1 spiro atoms. The molecule has 5 atom stereocenters. The third kappa shape index (κ3) is 8.48. The van der Waals surface area contributed by atoms with E-state index in [2.05, 4.69) is 23.8 Å². The van der Waals surface area contributed by atoms with E-state index in [-0.39, 0.29) is 31.4 Å². The number of allylic oxidation sites excluding steroid dienone is 1. The maximum absolute atomic E-state index is 14.8. The number of methoxy groups -OCH3 is 1. The summed E-state index contributed by atoms with van der Waals surface area (Å²) >= 11 is 0. The molecule has 2 N–H and O–H groups in total. The van der Waals surface area contributed by atoms with Gasteiger partial charge in [0.2, 0.25) is 11.8 Å². The lowest BCUT2D eigenvalue weighted by Crippen LogP contribution is -2.57. The predicted molar refractivity (Wildman–Crippen MR) is 209 cm³/mol. The third-order valence-electron chi connectivity index (χ3n) is 11.6. The minimum Gasteiger partial charge on any atom is -0.497 e. The zero-order valence-corrected chi connectivity index (χ0v) is 33.2. The van der Waals surface area contributed by atoms with E-state index >= 15 is 0 Å². The van der Waals surface area contributed by atoms with Crippen LogP contribution in [0.3, 0.4) is 0 Å². The van der Waals surface area contributed by atoms with Crippen LogP contribution in [0.5, 0.6) is 11.5 Å². The molecule has 3 fully saturated rings. The molecule has 6 rings (SSSR count). The van der Waals surface area contributed by atoms with Crippen LogP contribution in [0.25, 0.3) is 10.9 Å². The van der Waals surface area contributed by atoms with Crippen LogP contribution >= 0.6 is 0 Å². The number of aryl methyl sites for hydroxylation is 1. The number of amides is 3. The average Bonchev–Trinajstić information content (AvgIpc) is 3.72. The second-order valence-electron chi connectivity index (χ2n) is 16.6. The minimum atomic E-state index is -1.25. The van der Waals surface area contributed by atoms with Crippen molar-refractivity contribution >= 4 is 34.8 Å². The van der Waals surface area contributed by atoms with E-state index in [0.717, 1.165) is 72.2 Å². The molecule has 0 bridgehead atoms. The number of unbranched alkanes of at least 4 members (excludes halogenated alkanes) is 3. The molecular formula is C43H58N4O8. The van der Waals surface area contributed by atoms with Gasteiger partial charge in [0, 0.05) is 29.2 Å². The van der Waals surface area contributed by atoms with E-state index in [1.165, 1.54) is 0 Å². The summed E-state index contributed by atoms with van der Waals surface area (Å²) < 4.78 is 23.7. The van der Waals surface area contributed by atoms with Gasteiger partial charge in [0.25, 0.3) is 0 Å². The van der Waals surface area contributed by atoms with Gasteiger partial charge in [-0.25, -0.2) is 14.6 Å². The van der Waals surface area contributed by atoms with Crippen LogP contribution in [-0.4, -0.2) is 82.8 Å². The third-order valence-corrected chi connectivity index (χ3v) is 11.6. The Balaban J connectivity index is 1.36. The summed E-state index contributed by atoms with van der Waals surface area (Å²) in [6.45, 7) is 15.0. The molecule has 1 aromatic carbocycles. The number of pyridine rings is 1. The van der Waals surface area contributed by atoms with Crippen LogP contribution in [0.15, 0.2) is 43.5 Å². The molecule has 2 saturated carbocycles. The fourth-order valence-electron chi connectivity index (χ4n) is 8.33. The van der Waals surface area contributed by atoms with E-state index < -0.39 is 52.7 Å². The first-order valence-corrected chi connectivity index (χ1v) is 20.0. The number of rotatable bonds is 15. The van der Waals surface area contributed by atoms with Crippen molar-refractivity contribution in [3.63, 3.8) is 0 Å². The van der Waals surface area contributed by atoms with Crippen molar-refractivity contribution in [1.29, 1.82) is 0 Å². The molecule has 2 aliphatic heterocycles. The Morgan fingerprint density at radius 2 is 1.91 bits per heavy atom. The van der Waals surface area contributed by atoms with Crippen molar-refractivity contribution in [1.82, 2.24) is 20.5 Å². The van der Waals surface area contributed by atoms with Crippen LogP contribution in [0.2, 0.25) is 0 Å². The van der Waals surface area contributed by atoms with Crippen molar-refractivity contribution < 1.29 is 38.1 Å². The first-order valence-electron chi connectivity index (χ1n) is 20.0. The Bertz CT molecular complexity index is 1820. The topological polar surface area (TPSA) is 145 Å². The van der Waals surface area contributed by atoms with Crippen LogP contribution in [0.4, 0.5) is 4.79 Å². The van der Waals surface area contributed by atoms with Crippen molar-refractivity contribution in [2.24, 2.45) is 5.92 Å². The van der Waals surface area contributed by atoms with E-state index in [9.17, 15) is 19.2 Å². The monoisotopic (exact) mass is 758 g/mol. The number of esters is 1. The summed E-state index contributed by atoms with van der Waals surface area (Å²) in [5.41, 5.74) is -0.0937. The van der Waals surface area contributed by atoms with Gasteiger partial charge in [-0.2, -0.15) is 0 Å². The number of nitrogens with zero attached hydrogens (tertiary/aromatic N) is 2. The van der Waals surface area contributed by atoms with Gasteiger partial charge in [0.1, 0.15) is 40.3 Å². The van der Waals surface area contributed by atoms with Gasteiger partial charge in [0.05, 0.1) is 31.5 Å². The molecule has 12 nitrogen and oxygen atoms in total. The number of nitrogens with one attached hydrogen (secondary N) is 2. The molecule has 55 heavy (non-hydrogen) atoms. The fraction of sp³-hybridized carbons (Fsp3) is 0.605. The number of carbonyl (C=O) groups excluding carboxylic acids is 4. The highest BCUT2D eigenvalue weighted by Gasteiger charge is 2.63. The number of carbonyl (C=O) groups is 4. The SMILES string of the molecule is C=CCCCCC[C@H](NC(=O)OC(C)(C)C)C(=O)N1C[C@@]2(CCc3c(c(C4CCC4)nc4ccc(OC)cc34)O2)C[C@H]1C(=O)N[C@]1(C(=O)OCC)C[C@H]1C=C. The highest BCUT2D eigenvalue weighted by atomic mass is 16.6. The number of aromatic nitrogens is 1. The van der Waals surface area contributed by atoms with E-state index in [1.54, 1.807) is 45.8 Å². The zero-order chi connectivity index (χ0) is 39.5. The number of hydrogen-bond acceptors (Lipinski definition) is 9. The summed E-state index contributed by atoms with van der Waals surface area (Å²) in [5, 5.41) is 6.80. The molecular weight excluding hydrogens is 700 g/mol. The Morgan fingerprint density at radius 3 is 2.55 bits per heavy atom. The van der Waals surface area contributed by atoms with E-state index in [1.807, 2.05) is 24.3 Å². The minimum absolute atomic E-state index is 0.115. The maximum atomic E-state index is 14.8. The van der Waals surface area contributed by atoms with Gasteiger partial charge in [-0.3, -0.25) is 9.59 Å². The van der Waals surface area contributed by atoms with E-state index in [4.69, 9.17) is 23.9 Å². The molecule has 4 aliphatic rings. The van der Waals surface area contributed by atoms with Crippen LogP contribution in [0, 0.1) is 5.92 Å². The Hall–Kier alpha value is -4.61. The Morgan fingerprint density at radius 1 is 1.13 bits per heavy atom. The summed E-state index contributed by atoms with van der Waals surface area (Å²) in [4.78, 5) is 62.5. The van der Waals surface area contributed by atoms with Gasteiger partial charge in [-0.1, -0.05) is 31.4 Å².